The number of nitrogens with zero attached hydrogens (tertiary/aromatic N) is 9. The van der Waals surface area contributed by atoms with Gasteiger partial charge < -0.3 is 11.1 Å². The zero-order valence-electron chi connectivity index (χ0n) is 21.2. The molecular formula is C24H24F3N11O. The van der Waals surface area contributed by atoms with Crippen LogP contribution in [-0.4, -0.2) is 48.5 Å². The number of pyridine rings is 2. The highest BCUT2D eigenvalue weighted by Crippen LogP contribution is 2.34. The van der Waals surface area contributed by atoms with Crippen molar-refractivity contribution in [2.24, 2.45) is 5.10 Å². The Kier molecular flexibility index (Phi) is 8.61. The van der Waals surface area contributed by atoms with Gasteiger partial charge in [-0.05, 0) is 24.3 Å². The van der Waals surface area contributed by atoms with Crippen LogP contribution in [0.1, 0.15) is 41.9 Å². The molecule has 12 nitrogen and oxygen atoms in total. The van der Waals surface area contributed by atoms with Crippen molar-refractivity contribution in [3.63, 3.8) is 0 Å². The Morgan fingerprint density at radius 2 is 2.05 bits per heavy atom. The molecule has 4 aromatic heterocycles. The minimum absolute atomic E-state index is 0.00609. The third-order valence-electron chi connectivity index (χ3n) is 4.75. The van der Waals surface area contributed by atoms with Crippen molar-refractivity contribution in [2.45, 2.75) is 26.4 Å². The fraction of sp³-hybridized carbons (Fsp3) is 0.208. The molecule has 0 aromatic carbocycles. The quantitative estimate of drug-likeness (QED) is 0.275. The van der Waals surface area contributed by atoms with Gasteiger partial charge in [0.2, 0.25) is 5.95 Å². The number of nitrogens with one attached hydrogen (secondary N) is 1. The molecule has 39 heavy (non-hydrogen) atoms. The van der Waals surface area contributed by atoms with Gasteiger partial charge in [0.05, 0.1) is 29.2 Å². The second-order valence-corrected chi connectivity index (χ2v) is 7.83. The number of hydrazone groups is 1. The van der Waals surface area contributed by atoms with E-state index in [9.17, 15) is 23.2 Å². The summed E-state index contributed by atoms with van der Waals surface area (Å²) in [5.41, 5.74) is 3.68. The molecule has 15 heteroatoms. The zero-order chi connectivity index (χ0) is 28.7. The van der Waals surface area contributed by atoms with Gasteiger partial charge in [-0.1, -0.05) is 32.9 Å². The standard InChI is InChI=1S/C21H16F3N11O.C3H8/c1-3-7-28-33(2)18-12(9-25)8-13(10-27-18)30-19(36)14-11-29-35(17(14)21(22,23)24)16-6-4-5-15-31-20(26)32-34(15)16;1-3-2/h3-8,10-11H,1H2,2H3,(H2,26,32)(H,30,36);3H2,1-2H3/b28-7-;. The summed E-state index contributed by atoms with van der Waals surface area (Å²) in [6.07, 6.45) is 1.05. The molecule has 0 aliphatic rings. The molecule has 4 rings (SSSR count). The number of carbonyl (C=O) groups excluding carboxylic acids is 1. The number of hydrogen-bond acceptors (Lipinski definition) is 9. The van der Waals surface area contributed by atoms with Gasteiger partial charge in [-0.2, -0.15) is 38.1 Å². The van der Waals surface area contributed by atoms with Gasteiger partial charge in [-0.3, -0.25) is 4.79 Å². The van der Waals surface area contributed by atoms with Gasteiger partial charge in [0.15, 0.2) is 23.0 Å². The molecule has 4 heterocycles. The van der Waals surface area contributed by atoms with Gasteiger partial charge in [-0.25, -0.2) is 14.7 Å². The molecule has 0 spiro atoms. The van der Waals surface area contributed by atoms with Gasteiger partial charge in [0, 0.05) is 13.3 Å². The predicted octanol–water partition coefficient (Wildman–Crippen LogP) is 4.06. The smallest absolute Gasteiger partial charge is 0.366 e. The average molecular weight is 540 g/mol. The lowest BCUT2D eigenvalue weighted by atomic mass is 10.2. The van der Waals surface area contributed by atoms with E-state index in [1.54, 1.807) is 0 Å². The first-order chi connectivity index (χ1) is 18.5. The van der Waals surface area contributed by atoms with E-state index in [0.29, 0.717) is 4.68 Å². The van der Waals surface area contributed by atoms with Crippen LogP contribution < -0.4 is 16.1 Å². The third kappa shape index (κ3) is 6.18. The van der Waals surface area contributed by atoms with Crippen LogP contribution in [0.15, 0.2) is 54.4 Å². The number of aromatic nitrogens is 6. The van der Waals surface area contributed by atoms with Crippen LogP contribution in [0.2, 0.25) is 0 Å². The number of amides is 1. The number of nitrogens with two attached hydrogens (primary N) is 1. The summed E-state index contributed by atoms with van der Waals surface area (Å²) < 4.78 is 43.9. The maximum absolute atomic E-state index is 14.1. The van der Waals surface area contributed by atoms with E-state index in [1.807, 2.05) is 6.07 Å². The molecule has 0 unspecified atom stereocenters. The van der Waals surface area contributed by atoms with Crippen LogP contribution in [0, 0.1) is 11.3 Å². The minimum atomic E-state index is -4.97. The fourth-order valence-electron chi connectivity index (χ4n) is 3.30. The van der Waals surface area contributed by atoms with Gasteiger partial charge in [-0.15, -0.1) is 5.10 Å². The van der Waals surface area contributed by atoms with Crippen molar-refractivity contribution in [3.05, 3.63) is 66.1 Å². The van der Waals surface area contributed by atoms with Crippen molar-refractivity contribution < 1.29 is 18.0 Å². The molecule has 0 saturated carbocycles. The lowest BCUT2D eigenvalue weighted by molar-refractivity contribution is -0.143. The van der Waals surface area contributed by atoms with Gasteiger partial charge in [0.1, 0.15) is 6.07 Å². The van der Waals surface area contributed by atoms with Crippen molar-refractivity contribution in [1.29, 1.82) is 5.26 Å². The molecule has 0 radical (unpaired) electrons. The molecule has 4 aromatic rings. The van der Waals surface area contributed by atoms with E-state index in [-0.39, 0.29) is 34.5 Å². The number of halogens is 3. The first-order valence-corrected chi connectivity index (χ1v) is 11.4. The van der Waals surface area contributed by atoms with E-state index in [2.05, 4.69) is 51.0 Å². The van der Waals surface area contributed by atoms with Crippen LogP contribution in [-0.2, 0) is 6.18 Å². The molecule has 0 fully saturated rings. The molecule has 1 amide bonds. The van der Waals surface area contributed by atoms with Crippen LogP contribution in [0.4, 0.5) is 30.6 Å². The van der Waals surface area contributed by atoms with Crippen LogP contribution in [0.5, 0.6) is 0 Å². The van der Waals surface area contributed by atoms with Gasteiger partial charge >= 0.3 is 6.18 Å². The molecular weight excluding hydrogens is 515 g/mol. The highest BCUT2D eigenvalue weighted by Gasteiger charge is 2.41. The first kappa shape index (κ1) is 28.3. The van der Waals surface area contributed by atoms with Gasteiger partial charge in [0.25, 0.3) is 5.91 Å². The maximum atomic E-state index is 14.1. The van der Waals surface area contributed by atoms with E-state index in [4.69, 9.17) is 5.73 Å². The van der Waals surface area contributed by atoms with Crippen LogP contribution in [0.3, 0.4) is 0 Å². The summed E-state index contributed by atoms with van der Waals surface area (Å²) >= 11 is 0. The number of allylic oxidation sites excluding steroid dienone is 1. The van der Waals surface area contributed by atoms with Crippen molar-refractivity contribution in [1.82, 2.24) is 29.4 Å². The highest BCUT2D eigenvalue weighted by atomic mass is 19.4. The monoisotopic (exact) mass is 539 g/mol. The Labute approximate surface area is 220 Å². The predicted molar refractivity (Wildman–Crippen MR) is 139 cm³/mol. The summed E-state index contributed by atoms with van der Waals surface area (Å²) in [6.45, 7) is 7.75. The third-order valence-corrected chi connectivity index (χ3v) is 4.75. The second kappa shape index (κ2) is 11.9. The molecule has 0 aliphatic heterocycles. The average Bonchev–Trinajstić information content (AvgIpc) is 3.51. The summed E-state index contributed by atoms with van der Waals surface area (Å²) in [6, 6.07) is 7.44. The van der Waals surface area contributed by atoms with E-state index >= 15 is 0 Å². The number of anilines is 3. The SMILES string of the molecule is C=C/C=N\N(C)c1ncc(NC(=O)c2cnn(-c3cccc4nc(N)nn34)c2C(F)(F)F)cc1C#N.CCC. The lowest BCUT2D eigenvalue weighted by Crippen LogP contribution is -2.22. The molecule has 0 saturated heterocycles. The number of hydrogen-bond donors (Lipinski definition) is 2. The Balaban J connectivity index is 0.00000134. The summed E-state index contributed by atoms with van der Waals surface area (Å²) in [5, 5.41) is 24.7. The lowest BCUT2D eigenvalue weighted by Gasteiger charge is -2.15. The number of nitrogen functional groups attached to an aromatic ring is 1. The van der Waals surface area contributed by atoms with Crippen molar-refractivity contribution in [3.8, 4) is 11.9 Å². The largest absolute Gasteiger partial charge is 0.434 e. The van der Waals surface area contributed by atoms with Crippen molar-refractivity contribution in [2.75, 3.05) is 23.1 Å². The number of fused-ring (bicyclic) bond motifs is 1. The number of rotatable bonds is 6. The van der Waals surface area contributed by atoms with E-state index < -0.39 is 23.3 Å². The molecule has 0 bridgehead atoms. The Morgan fingerprint density at radius 3 is 2.69 bits per heavy atom. The van der Waals surface area contributed by atoms with Crippen LogP contribution in [0.25, 0.3) is 11.5 Å². The molecule has 3 N–H and O–H groups in total. The summed E-state index contributed by atoms with van der Waals surface area (Å²) in [4.78, 5) is 20.9. The second-order valence-electron chi connectivity index (χ2n) is 7.83. The zero-order valence-corrected chi connectivity index (χ0v) is 21.2. The van der Waals surface area contributed by atoms with E-state index in [1.165, 1.54) is 61.2 Å². The molecule has 0 atom stereocenters. The summed E-state index contributed by atoms with van der Waals surface area (Å²) in [7, 11) is 1.54. The molecule has 202 valence electrons. The summed E-state index contributed by atoms with van der Waals surface area (Å²) in [5.74, 6) is -1.23. The normalized spacial score (nSPS) is 11.1. The highest BCUT2D eigenvalue weighted by molar-refractivity contribution is 6.05. The van der Waals surface area contributed by atoms with Crippen LogP contribution >= 0.6 is 0 Å². The van der Waals surface area contributed by atoms with E-state index in [0.717, 1.165) is 10.7 Å². The number of alkyl halides is 3. The Hall–Kier alpha value is -5.26. The minimum Gasteiger partial charge on any atom is -0.366 e. The maximum Gasteiger partial charge on any atom is 0.434 e. The first-order valence-electron chi connectivity index (χ1n) is 11.4. The fourth-order valence-corrected chi connectivity index (χ4v) is 3.30. The number of carbonyl (C=O) groups is 1. The topological polar surface area (TPSA) is 155 Å². The van der Waals surface area contributed by atoms with Crippen molar-refractivity contribution >= 4 is 35.2 Å². The number of nitriles is 1. The Morgan fingerprint density at radius 1 is 1.33 bits per heavy atom. The molecule has 0 aliphatic carbocycles. The Bertz CT molecular complexity index is 1560.